The van der Waals surface area contributed by atoms with Gasteiger partial charge in [-0.1, -0.05) is 13.8 Å². The van der Waals surface area contributed by atoms with Gasteiger partial charge >= 0.3 is 0 Å². The fraction of sp³-hybridized carbons (Fsp3) is 0.412. The highest BCUT2D eigenvalue weighted by molar-refractivity contribution is 5.74. The van der Waals surface area contributed by atoms with Gasteiger partial charge in [0.1, 0.15) is 6.33 Å². The summed E-state index contributed by atoms with van der Waals surface area (Å²) in [7, 11) is 0. The Labute approximate surface area is 135 Å². The fourth-order valence-corrected chi connectivity index (χ4v) is 3.26. The summed E-state index contributed by atoms with van der Waals surface area (Å²) in [6, 6.07) is 2.11. The molecule has 0 unspecified atom stereocenters. The van der Waals surface area contributed by atoms with Crippen molar-refractivity contribution >= 4 is 11.3 Å². The van der Waals surface area contributed by atoms with Crippen LogP contribution in [0.25, 0.3) is 16.9 Å². The minimum Gasteiger partial charge on any atom is -0.368 e. The van der Waals surface area contributed by atoms with Gasteiger partial charge in [-0.3, -0.25) is 0 Å². The quantitative estimate of drug-likeness (QED) is 0.744. The van der Waals surface area contributed by atoms with Crippen molar-refractivity contribution in [2.75, 3.05) is 18.0 Å². The maximum absolute atomic E-state index is 4.64. The molecular formula is C17H20N6. The number of anilines is 1. The standard InChI is InChI=1S/C17H20N6/c1-12(2)13-3-5-22(10-13)16-7-15(14-8-18-11-19-9-14)21-23-6-4-20-17(16)23/h4,6-9,11-13H,3,5,10H2,1-2H3/t13-/m1/s1. The molecule has 1 saturated heterocycles. The largest absolute Gasteiger partial charge is 0.368 e. The van der Waals surface area contributed by atoms with E-state index in [0.717, 1.165) is 41.6 Å². The second-order valence-corrected chi connectivity index (χ2v) is 6.48. The van der Waals surface area contributed by atoms with Gasteiger partial charge in [0.25, 0.3) is 0 Å². The van der Waals surface area contributed by atoms with E-state index in [4.69, 9.17) is 0 Å². The molecule has 6 heteroatoms. The van der Waals surface area contributed by atoms with Gasteiger partial charge in [-0.2, -0.15) is 5.10 Å². The van der Waals surface area contributed by atoms with Crippen molar-refractivity contribution in [3.63, 3.8) is 0 Å². The maximum Gasteiger partial charge on any atom is 0.177 e. The Kier molecular flexibility index (Phi) is 3.44. The highest BCUT2D eigenvalue weighted by atomic mass is 15.3. The highest BCUT2D eigenvalue weighted by Gasteiger charge is 2.27. The molecule has 1 fully saturated rings. The van der Waals surface area contributed by atoms with Crippen molar-refractivity contribution in [2.24, 2.45) is 11.8 Å². The van der Waals surface area contributed by atoms with E-state index in [1.165, 1.54) is 12.7 Å². The lowest BCUT2D eigenvalue weighted by Gasteiger charge is -2.21. The second-order valence-electron chi connectivity index (χ2n) is 6.48. The third-order valence-corrected chi connectivity index (χ3v) is 4.70. The molecule has 0 radical (unpaired) electrons. The summed E-state index contributed by atoms with van der Waals surface area (Å²) in [5.74, 6) is 1.45. The molecule has 0 saturated carbocycles. The second kappa shape index (κ2) is 5.61. The first-order chi connectivity index (χ1) is 11.2. The van der Waals surface area contributed by atoms with E-state index in [2.05, 4.69) is 44.9 Å². The first-order valence-electron chi connectivity index (χ1n) is 8.07. The normalized spacial score (nSPS) is 18.2. The van der Waals surface area contributed by atoms with Crippen LogP contribution in [0.2, 0.25) is 0 Å². The number of hydrogen-bond acceptors (Lipinski definition) is 5. The predicted octanol–water partition coefficient (Wildman–Crippen LogP) is 2.67. The van der Waals surface area contributed by atoms with Crippen molar-refractivity contribution in [1.29, 1.82) is 0 Å². The average Bonchev–Trinajstić information content (AvgIpc) is 3.24. The molecule has 1 aliphatic rings. The molecule has 0 spiro atoms. The summed E-state index contributed by atoms with van der Waals surface area (Å²) in [4.78, 5) is 15.1. The molecule has 1 aliphatic heterocycles. The predicted molar refractivity (Wildman–Crippen MR) is 89.2 cm³/mol. The lowest BCUT2D eigenvalue weighted by atomic mass is 9.95. The van der Waals surface area contributed by atoms with Crippen LogP contribution in [0, 0.1) is 11.8 Å². The lowest BCUT2D eigenvalue weighted by molar-refractivity contribution is 0.423. The number of rotatable bonds is 3. The van der Waals surface area contributed by atoms with Crippen LogP contribution in [0.3, 0.4) is 0 Å². The van der Waals surface area contributed by atoms with Crippen LogP contribution in [0.4, 0.5) is 5.69 Å². The SMILES string of the molecule is CC(C)[C@@H]1CCN(c2cc(-c3cncnc3)nn3ccnc23)C1. The zero-order valence-corrected chi connectivity index (χ0v) is 13.4. The maximum atomic E-state index is 4.64. The summed E-state index contributed by atoms with van der Waals surface area (Å²) >= 11 is 0. The van der Waals surface area contributed by atoms with Crippen molar-refractivity contribution in [3.05, 3.63) is 37.2 Å². The summed E-state index contributed by atoms with van der Waals surface area (Å²) in [5, 5.41) is 4.64. The summed E-state index contributed by atoms with van der Waals surface area (Å²) in [6.45, 7) is 6.76. The fourth-order valence-electron chi connectivity index (χ4n) is 3.26. The smallest absolute Gasteiger partial charge is 0.177 e. The molecule has 23 heavy (non-hydrogen) atoms. The summed E-state index contributed by atoms with van der Waals surface area (Å²) in [5.41, 5.74) is 3.85. The molecule has 4 rings (SSSR count). The minimum atomic E-state index is 0.708. The lowest BCUT2D eigenvalue weighted by Crippen LogP contribution is -2.22. The van der Waals surface area contributed by atoms with Crippen LogP contribution < -0.4 is 4.90 Å². The zero-order chi connectivity index (χ0) is 15.8. The van der Waals surface area contributed by atoms with Gasteiger partial charge in [0.15, 0.2) is 5.65 Å². The summed E-state index contributed by atoms with van der Waals surface area (Å²) in [6.07, 6.45) is 10.0. The Morgan fingerprint density at radius 2 is 2.04 bits per heavy atom. The van der Waals surface area contributed by atoms with Gasteiger partial charge in [0.2, 0.25) is 0 Å². The molecule has 0 aliphatic carbocycles. The Morgan fingerprint density at radius 1 is 1.22 bits per heavy atom. The van der Waals surface area contributed by atoms with Gasteiger partial charge in [0.05, 0.1) is 11.4 Å². The first kappa shape index (κ1) is 14.1. The molecular weight excluding hydrogens is 288 g/mol. The Bertz CT molecular complexity index is 810. The number of aromatic nitrogens is 5. The topological polar surface area (TPSA) is 59.2 Å². The van der Waals surface area contributed by atoms with Crippen LogP contribution in [0.15, 0.2) is 37.2 Å². The number of hydrogen-bond donors (Lipinski definition) is 0. The van der Waals surface area contributed by atoms with E-state index >= 15 is 0 Å². The van der Waals surface area contributed by atoms with Crippen molar-refractivity contribution in [1.82, 2.24) is 24.6 Å². The van der Waals surface area contributed by atoms with E-state index in [9.17, 15) is 0 Å². The van der Waals surface area contributed by atoms with Crippen molar-refractivity contribution in [3.8, 4) is 11.3 Å². The molecule has 118 valence electrons. The highest BCUT2D eigenvalue weighted by Crippen LogP contribution is 2.32. The number of fused-ring (bicyclic) bond motifs is 1. The van der Waals surface area contributed by atoms with Gasteiger partial charge < -0.3 is 4.90 Å². The Hall–Kier alpha value is -2.50. The van der Waals surface area contributed by atoms with Crippen LogP contribution in [-0.4, -0.2) is 37.7 Å². The first-order valence-corrected chi connectivity index (χ1v) is 8.07. The zero-order valence-electron chi connectivity index (χ0n) is 13.4. The average molecular weight is 308 g/mol. The van der Waals surface area contributed by atoms with Crippen molar-refractivity contribution < 1.29 is 0 Å². The van der Waals surface area contributed by atoms with Gasteiger partial charge in [-0.05, 0) is 24.3 Å². The molecule has 0 N–H and O–H groups in total. The molecule has 0 amide bonds. The van der Waals surface area contributed by atoms with Crippen LogP contribution in [0.1, 0.15) is 20.3 Å². The minimum absolute atomic E-state index is 0.708. The Balaban J connectivity index is 1.78. The third kappa shape index (κ3) is 2.54. The molecule has 3 aromatic rings. The van der Waals surface area contributed by atoms with E-state index in [-0.39, 0.29) is 0 Å². The Morgan fingerprint density at radius 3 is 2.78 bits per heavy atom. The summed E-state index contributed by atoms with van der Waals surface area (Å²) < 4.78 is 1.85. The van der Waals surface area contributed by atoms with Crippen LogP contribution >= 0.6 is 0 Å². The van der Waals surface area contributed by atoms with Crippen LogP contribution in [-0.2, 0) is 0 Å². The monoisotopic (exact) mass is 308 g/mol. The van der Waals surface area contributed by atoms with Gasteiger partial charge in [-0.25, -0.2) is 19.5 Å². The molecule has 0 aromatic carbocycles. The molecule has 1 atom stereocenters. The molecule has 6 nitrogen and oxygen atoms in total. The van der Waals surface area contributed by atoms with E-state index in [1.54, 1.807) is 18.6 Å². The van der Waals surface area contributed by atoms with Crippen LogP contribution in [0.5, 0.6) is 0 Å². The molecule has 0 bridgehead atoms. The van der Waals surface area contributed by atoms with Gasteiger partial charge in [-0.15, -0.1) is 0 Å². The number of nitrogens with zero attached hydrogens (tertiary/aromatic N) is 6. The number of imidazole rings is 1. The van der Waals surface area contributed by atoms with E-state index in [0.29, 0.717) is 5.92 Å². The third-order valence-electron chi connectivity index (χ3n) is 4.70. The molecule has 3 aromatic heterocycles. The van der Waals surface area contributed by atoms with E-state index in [1.807, 2.05) is 10.7 Å². The van der Waals surface area contributed by atoms with E-state index < -0.39 is 0 Å². The van der Waals surface area contributed by atoms with Crippen molar-refractivity contribution in [2.45, 2.75) is 20.3 Å². The molecule has 4 heterocycles. The van der Waals surface area contributed by atoms with Gasteiger partial charge in [0, 0.05) is 43.4 Å².